The number of benzene rings is 1. The summed E-state index contributed by atoms with van der Waals surface area (Å²) in [7, 11) is 0. The fourth-order valence-electron chi connectivity index (χ4n) is 2.03. The predicted octanol–water partition coefficient (Wildman–Crippen LogP) is 4.26. The molecule has 0 radical (unpaired) electrons. The fraction of sp³-hybridized carbons (Fsp3) is 0.562. The standard InChI is InChI=1S/C16H24O3/c1-3-4-5-6-9-13(2)19-12-14-10-7-8-11-15(14)16(17)18/h7-8,10-11,13H,3-6,9,12H2,1-2H3,(H,17,18). The van der Waals surface area contributed by atoms with Crippen LogP contribution in [0.15, 0.2) is 24.3 Å². The monoisotopic (exact) mass is 264 g/mol. The van der Waals surface area contributed by atoms with E-state index in [9.17, 15) is 4.79 Å². The lowest BCUT2D eigenvalue weighted by Crippen LogP contribution is -2.10. The van der Waals surface area contributed by atoms with Crippen LogP contribution in [-0.4, -0.2) is 17.2 Å². The molecule has 1 atom stereocenters. The van der Waals surface area contributed by atoms with E-state index in [4.69, 9.17) is 9.84 Å². The van der Waals surface area contributed by atoms with Crippen molar-refractivity contribution in [2.24, 2.45) is 0 Å². The van der Waals surface area contributed by atoms with Gasteiger partial charge in [-0.3, -0.25) is 0 Å². The molecule has 1 N–H and O–H groups in total. The molecule has 0 fully saturated rings. The van der Waals surface area contributed by atoms with Crippen molar-refractivity contribution in [3.8, 4) is 0 Å². The summed E-state index contributed by atoms with van der Waals surface area (Å²) in [6, 6.07) is 7.01. The summed E-state index contributed by atoms with van der Waals surface area (Å²) in [5.74, 6) is -0.894. The van der Waals surface area contributed by atoms with Gasteiger partial charge in [-0.15, -0.1) is 0 Å². The Morgan fingerprint density at radius 2 is 2.00 bits per heavy atom. The number of rotatable bonds is 9. The van der Waals surface area contributed by atoms with Gasteiger partial charge in [-0.1, -0.05) is 50.8 Å². The fourth-order valence-corrected chi connectivity index (χ4v) is 2.03. The number of aromatic carboxylic acids is 1. The van der Waals surface area contributed by atoms with Crippen LogP contribution in [0.1, 0.15) is 61.9 Å². The topological polar surface area (TPSA) is 46.5 Å². The Morgan fingerprint density at radius 1 is 1.26 bits per heavy atom. The molecule has 1 aromatic carbocycles. The first kappa shape index (κ1) is 15.7. The van der Waals surface area contributed by atoms with Crippen molar-refractivity contribution in [3.05, 3.63) is 35.4 Å². The van der Waals surface area contributed by atoms with E-state index < -0.39 is 5.97 Å². The quantitative estimate of drug-likeness (QED) is 0.678. The molecule has 3 heteroatoms. The molecule has 0 saturated carbocycles. The Balaban J connectivity index is 2.37. The van der Waals surface area contributed by atoms with Gasteiger partial charge < -0.3 is 9.84 Å². The zero-order valence-electron chi connectivity index (χ0n) is 11.9. The molecule has 0 aliphatic heterocycles. The highest BCUT2D eigenvalue weighted by Crippen LogP contribution is 2.14. The summed E-state index contributed by atoms with van der Waals surface area (Å²) in [6.45, 7) is 4.62. The molecular formula is C16H24O3. The summed E-state index contributed by atoms with van der Waals surface area (Å²) < 4.78 is 5.74. The molecule has 1 aromatic rings. The third-order valence-corrected chi connectivity index (χ3v) is 3.24. The minimum Gasteiger partial charge on any atom is -0.478 e. The Labute approximate surface area is 115 Å². The number of carbonyl (C=O) groups is 1. The molecule has 106 valence electrons. The van der Waals surface area contributed by atoms with Crippen molar-refractivity contribution in [1.82, 2.24) is 0 Å². The molecule has 19 heavy (non-hydrogen) atoms. The Kier molecular flexibility index (Phi) is 7.19. The van der Waals surface area contributed by atoms with E-state index in [1.165, 1.54) is 25.7 Å². The number of unbranched alkanes of at least 4 members (excludes halogenated alkanes) is 3. The van der Waals surface area contributed by atoms with E-state index in [-0.39, 0.29) is 6.10 Å². The highest BCUT2D eigenvalue weighted by Gasteiger charge is 2.10. The molecule has 3 nitrogen and oxygen atoms in total. The lowest BCUT2D eigenvalue weighted by atomic mass is 10.1. The molecule has 0 heterocycles. The lowest BCUT2D eigenvalue weighted by Gasteiger charge is -2.14. The first-order chi connectivity index (χ1) is 9.15. The van der Waals surface area contributed by atoms with Gasteiger partial charge in [-0.25, -0.2) is 4.79 Å². The van der Waals surface area contributed by atoms with Gasteiger partial charge in [0.2, 0.25) is 0 Å². The molecule has 0 aliphatic carbocycles. The van der Waals surface area contributed by atoms with E-state index in [1.54, 1.807) is 12.1 Å². The van der Waals surface area contributed by atoms with Crippen molar-refractivity contribution < 1.29 is 14.6 Å². The first-order valence-electron chi connectivity index (χ1n) is 7.08. The summed E-state index contributed by atoms with van der Waals surface area (Å²) in [5.41, 5.74) is 1.08. The number of hydrogen-bond acceptors (Lipinski definition) is 2. The third kappa shape index (κ3) is 5.88. The minimum atomic E-state index is -0.894. The summed E-state index contributed by atoms with van der Waals surface area (Å²) in [6.07, 6.45) is 6.15. The van der Waals surface area contributed by atoms with Crippen LogP contribution in [0, 0.1) is 0 Å². The molecule has 0 bridgehead atoms. The summed E-state index contributed by atoms with van der Waals surface area (Å²) in [4.78, 5) is 11.1. The van der Waals surface area contributed by atoms with E-state index in [1.807, 2.05) is 12.1 Å². The van der Waals surface area contributed by atoms with Crippen LogP contribution in [0.25, 0.3) is 0 Å². The van der Waals surface area contributed by atoms with Crippen LogP contribution in [0.3, 0.4) is 0 Å². The second-order valence-corrected chi connectivity index (χ2v) is 4.93. The zero-order chi connectivity index (χ0) is 14.1. The average Bonchev–Trinajstić information content (AvgIpc) is 2.41. The Morgan fingerprint density at radius 3 is 2.68 bits per heavy atom. The normalized spacial score (nSPS) is 12.3. The van der Waals surface area contributed by atoms with Crippen LogP contribution < -0.4 is 0 Å². The molecule has 0 amide bonds. The van der Waals surface area contributed by atoms with Gasteiger partial charge in [0, 0.05) is 0 Å². The van der Waals surface area contributed by atoms with Gasteiger partial charge in [0.05, 0.1) is 18.3 Å². The van der Waals surface area contributed by atoms with Crippen LogP contribution in [0.2, 0.25) is 0 Å². The van der Waals surface area contributed by atoms with Gasteiger partial charge in [0.25, 0.3) is 0 Å². The Bertz CT molecular complexity index is 387. The van der Waals surface area contributed by atoms with Crippen molar-refractivity contribution >= 4 is 5.97 Å². The van der Waals surface area contributed by atoms with Crippen LogP contribution in [-0.2, 0) is 11.3 Å². The molecular weight excluding hydrogens is 240 g/mol. The minimum absolute atomic E-state index is 0.179. The highest BCUT2D eigenvalue weighted by atomic mass is 16.5. The maximum atomic E-state index is 11.1. The number of hydrogen-bond donors (Lipinski definition) is 1. The van der Waals surface area contributed by atoms with Crippen molar-refractivity contribution in [2.75, 3.05) is 0 Å². The maximum Gasteiger partial charge on any atom is 0.336 e. The SMILES string of the molecule is CCCCCCC(C)OCc1ccccc1C(=O)O. The number of carboxylic acid groups (broad SMARTS) is 1. The lowest BCUT2D eigenvalue weighted by molar-refractivity contribution is 0.0442. The second-order valence-electron chi connectivity index (χ2n) is 4.93. The van der Waals surface area contributed by atoms with Gasteiger partial charge >= 0.3 is 5.97 Å². The molecule has 1 unspecified atom stereocenters. The van der Waals surface area contributed by atoms with Crippen LogP contribution in [0.5, 0.6) is 0 Å². The van der Waals surface area contributed by atoms with Gasteiger partial charge in [0.15, 0.2) is 0 Å². The average molecular weight is 264 g/mol. The predicted molar refractivity (Wildman–Crippen MR) is 76.4 cm³/mol. The highest BCUT2D eigenvalue weighted by molar-refractivity contribution is 5.89. The van der Waals surface area contributed by atoms with Crippen molar-refractivity contribution in [1.29, 1.82) is 0 Å². The van der Waals surface area contributed by atoms with E-state index in [0.717, 1.165) is 12.0 Å². The van der Waals surface area contributed by atoms with E-state index >= 15 is 0 Å². The zero-order valence-corrected chi connectivity index (χ0v) is 11.9. The molecule has 0 aliphatic rings. The maximum absolute atomic E-state index is 11.1. The largest absolute Gasteiger partial charge is 0.478 e. The first-order valence-corrected chi connectivity index (χ1v) is 7.08. The third-order valence-electron chi connectivity index (χ3n) is 3.24. The number of ether oxygens (including phenoxy) is 1. The molecule has 0 spiro atoms. The molecule has 0 aromatic heterocycles. The Hall–Kier alpha value is -1.35. The van der Waals surface area contributed by atoms with Crippen molar-refractivity contribution in [3.63, 3.8) is 0 Å². The van der Waals surface area contributed by atoms with Gasteiger partial charge in [0.1, 0.15) is 0 Å². The van der Waals surface area contributed by atoms with E-state index in [2.05, 4.69) is 13.8 Å². The smallest absolute Gasteiger partial charge is 0.336 e. The number of carboxylic acids is 1. The van der Waals surface area contributed by atoms with Crippen LogP contribution >= 0.6 is 0 Å². The van der Waals surface area contributed by atoms with E-state index in [0.29, 0.717) is 12.2 Å². The summed E-state index contributed by atoms with van der Waals surface area (Å²) >= 11 is 0. The van der Waals surface area contributed by atoms with Crippen LogP contribution in [0.4, 0.5) is 0 Å². The molecule has 0 saturated heterocycles. The summed E-state index contributed by atoms with van der Waals surface area (Å²) in [5, 5.41) is 9.08. The van der Waals surface area contributed by atoms with Gasteiger partial charge in [-0.05, 0) is 25.0 Å². The molecule has 1 rings (SSSR count). The van der Waals surface area contributed by atoms with Crippen molar-refractivity contribution in [2.45, 2.75) is 58.7 Å². The second kappa shape index (κ2) is 8.70. The van der Waals surface area contributed by atoms with Gasteiger partial charge in [-0.2, -0.15) is 0 Å².